The lowest BCUT2D eigenvalue weighted by Gasteiger charge is -2.10. The summed E-state index contributed by atoms with van der Waals surface area (Å²) in [4.78, 5) is 4.55. The van der Waals surface area contributed by atoms with E-state index in [1.54, 1.807) is 31.6 Å². The number of aromatic nitrogens is 1. The maximum atomic E-state index is 6.16. The van der Waals surface area contributed by atoms with E-state index in [0.717, 1.165) is 22.8 Å². The summed E-state index contributed by atoms with van der Waals surface area (Å²) in [6.07, 6.45) is 0. The van der Waals surface area contributed by atoms with Crippen LogP contribution in [0, 0.1) is 0 Å². The Morgan fingerprint density at radius 2 is 2.00 bits per heavy atom. The quantitative estimate of drug-likeness (QED) is 0.920. The third-order valence-electron chi connectivity index (χ3n) is 2.63. The van der Waals surface area contributed by atoms with E-state index < -0.39 is 0 Å². The highest BCUT2D eigenvalue weighted by atomic mass is 35.5. The Labute approximate surface area is 121 Å². The van der Waals surface area contributed by atoms with E-state index in [0.29, 0.717) is 16.5 Å². The first-order valence-electron chi connectivity index (χ1n) is 5.70. The van der Waals surface area contributed by atoms with Gasteiger partial charge < -0.3 is 14.8 Å². The Morgan fingerprint density at radius 3 is 2.63 bits per heavy atom. The van der Waals surface area contributed by atoms with Gasteiger partial charge in [0.05, 0.1) is 24.9 Å². The molecule has 0 aliphatic rings. The minimum absolute atomic E-state index is 0.543. The SMILES string of the molecule is CNCc1nc(-c2cc(Cl)c(OC)cc2OC)cs1. The molecule has 0 aliphatic heterocycles. The molecule has 6 heteroatoms. The molecule has 0 spiro atoms. The highest BCUT2D eigenvalue weighted by Crippen LogP contribution is 2.38. The zero-order valence-corrected chi connectivity index (χ0v) is 12.6. The molecule has 0 saturated carbocycles. The number of halogens is 1. The van der Waals surface area contributed by atoms with Crippen LogP contribution in [0.2, 0.25) is 5.02 Å². The number of benzene rings is 1. The van der Waals surface area contributed by atoms with E-state index >= 15 is 0 Å². The highest BCUT2D eigenvalue weighted by Gasteiger charge is 2.14. The van der Waals surface area contributed by atoms with Crippen LogP contribution in [0.15, 0.2) is 17.5 Å². The molecule has 0 atom stereocenters. The smallest absolute Gasteiger partial charge is 0.141 e. The predicted molar refractivity (Wildman–Crippen MR) is 78.4 cm³/mol. The minimum atomic E-state index is 0.543. The molecular formula is C13H15ClN2O2S. The molecule has 102 valence electrons. The van der Waals surface area contributed by atoms with Gasteiger partial charge >= 0.3 is 0 Å². The fraction of sp³-hybridized carbons (Fsp3) is 0.308. The van der Waals surface area contributed by atoms with Gasteiger partial charge in [-0.15, -0.1) is 11.3 Å². The number of ether oxygens (including phenoxy) is 2. The Hall–Kier alpha value is -1.30. The Kier molecular flexibility index (Phi) is 4.63. The van der Waals surface area contributed by atoms with Gasteiger partial charge in [-0.25, -0.2) is 4.98 Å². The van der Waals surface area contributed by atoms with Crippen LogP contribution in [-0.2, 0) is 6.54 Å². The summed E-state index contributed by atoms with van der Waals surface area (Å²) < 4.78 is 10.6. The summed E-state index contributed by atoms with van der Waals surface area (Å²) in [6.45, 7) is 0.747. The van der Waals surface area contributed by atoms with Gasteiger partial charge in [0.1, 0.15) is 16.5 Å². The lowest BCUT2D eigenvalue weighted by molar-refractivity contribution is 0.395. The van der Waals surface area contributed by atoms with Crippen molar-refractivity contribution in [3.05, 3.63) is 27.5 Å². The fourth-order valence-electron chi connectivity index (χ4n) is 1.73. The van der Waals surface area contributed by atoms with Crippen LogP contribution >= 0.6 is 22.9 Å². The molecular weight excluding hydrogens is 284 g/mol. The molecule has 4 nitrogen and oxygen atoms in total. The monoisotopic (exact) mass is 298 g/mol. The lowest BCUT2D eigenvalue weighted by atomic mass is 10.1. The lowest BCUT2D eigenvalue weighted by Crippen LogP contribution is -2.04. The third-order valence-corrected chi connectivity index (χ3v) is 3.77. The van der Waals surface area contributed by atoms with Crippen LogP contribution in [0.1, 0.15) is 5.01 Å². The number of methoxy groups -OCH3 is 2. The van der Waals surface area contributed by atoms with Crippen molar-refractivity contribution in [3.8, 4) is 22.8 Å². The van der Waals surface area contributed by atoms with Crippen molar-refractivity contribution in [3.63, 3.8) is 0 Å². The van der Waals surface area contributed by atoms with Gasteiger partial charge in [-0.3, -0.25) is 0 Å². The van der Waals surface area contributed by atoms with Crippen molar-refractivity contribution in [2.24, 2.45) is 0 Å². The molecule has 0 radical (unpaired) electrons. The first-order chi connectivity index (χ1) is 9.19. The van der Waals surface area contributed by atoms with Gasteiger partial charge in [0, 0.05) is 23.6 Å². The van der Waals surface area contributed by atoms with Gasteiger partial charge in [-0.2, -0.15) is 0 Å². The summed E-state index contributed by atoms with van der Waals surface area (Å²) >= 11 is 7.76. The van der Waals surface area contributed by atoms with Gasteiger partial charge in [-0.1, -0.05) is 11.6 Å². The molecule has 0 unspecified atom stereocenters. The highest BCUT2D eigenvalue weighted by molar-refractivity contribution is 7.09. The summed E-state index contributed by atoms with van der Waals surface area (Å²) in [6, 6.07) is 3.59. The van der Waals surface area contributed by atoms with Gasteiger partial charge in [0.25, 0.3) is 0 Å². The maximum absolute atomic E-state index is 6.16. The molecule has 2 aromatic rings. The summed E-state index contributed by atoms with van der Waals surface area (Å²) in [5.41, 5.74) is 1.73. The second-order valence-corrected chi connectivity index (χ2v) is 5.19. The topological polar surface area (TPSA) is 43.4 Å². The maximum Gasteiger partial charge on any atom is 0.141 e. The number of thiazole rings is 1. The first-order valence-corrected chi connectivity index (χ1v) is 6.96. The number of hydrogen-bond acceptors (Lipinski definition) is 5. The van der Waals surface area contributed by atoms with E-state index in [2.05, 4.69) is 10.3 Å². The van der Waals surface area contributed by atoms with Crippen LogP contribution in [0.3, 0.4) is 0 Å². The first kappa shape index (κ1) is 14.1. The molecule has 0 fully saturated rings. The average Bonchev–Trinajstić information content (AvgIpc) is 2.87. The Morgan fingerprint density at radius 1 is 1.26 bits per heavy atom. The van der Waals surface area contributed by atoms with E-state index in [9.17, 15) is 0 Å². The molecule has 1 N–H and O–H groups in total. The summed E-state index contributed by atoms with van der Waals surface area (Å²) in [5, 5.41) is 6.63. The van der Waals surface area contributed by atoms with Crippen molar-refractivity contribution in [2.45, 2.75) is 6.54 Å². The number of nitrogens with zero attached hydrogens (tertiary/aromatic N) is 1. The molecule has 1 aromatic heterocycles. The Bertz CT molecular complexity index is 572. The Balaban J connectivity index is 2.44. The van der Waals surface area contributed by atoms with Crippen LogP contribution in [0.4, 0.5) is 0 Å². The van der Waals surface area contributed by atoms with Crippen molar-refractivity contribution in [1.82, 2.24) is 10.3 Å². The normalized spacial score (nSPS) is 10.5. The zero-order valence-electron chi connectivity index (χ0n) is 11.0. The molecule has 0 amide bonds. The number of hydrogen-bond donors (Lipinski definition) is 1. The summed E-state index contributed by atoms with van der Waals surface area (Å²) in [7, 11) is 5.09. The second-order valence-electron chi connectivity index (χ2n) is 3.84. The second kappa shape index (κ2) is 6.23. The molecule has 0 bridgehead atoms. The van der Waals surface area contributed by atoms with Gasteiger partial charge in [-0.05, 0) is 13.1 Å². The van der Waals surface area contributed by atoms with E-state index in [1.807, 2.05) is 18.5 Å². The molecule has 0 aliphatic carbocycles. The van der Waals surface area contributed by atoms with Crippen LogP contribution in [-0.4, -0.2) is 26.3 Å². The van der Waals surface area contributed by atoms with Crippen molar-refractivity contribution in [2.75, 3.05) is 21.3 Å². The zero-order chi connectivity index (χ0) is 13.8. The largest absolute Gasteiger partial charge is 0.496 e. The van der Waals surface area contributed by atoms with Crippen LogP contribution in [0.5, 0.6) is 11.5 Å². The number of nitrogens with one attached hydrogen (secondary N) is 1. The molecule has 1 aromatic carbocycles. The van der Waals surface area contributed by atoms with E-state index in [4.69, 9.17) is 21.1 Å². The van der Waals surface area contributed by atoms with Crippen LogP contribution in [0.25, 0.3) is 11.3 Å². The predicted octanol–water partition coefficient (Wildman–Crippen LogP) is 3.20. The van der Waals surface area contributed by atoms with Crippen LogP contribution < -0.4 is 14.8 Å². The molecule has 1 heterocycles. The minimum Gasteiger partial charge on any atom is -0.496 e. The van der Waals surface area contributed by atoms with Crippen molar-refractivity contribution >= 4 is 22.9 Å². The number of rotatable bonds is 5. The van der Waals surface area contributed by atoms with E-state index in [1.165, 1.54) is 0 Å². The third kappa shape index (κ3) is 3.00. The van der Waals surface area contributed by atoms with Gasteiger partial charge in [0.15, 0.2) is 0 Å². The molecule has 2 rings (SSSR count). The fourth-order valence-corrected chi connectivity index (χ4v) is 2.77. The van der Waals surface area contributed by atoms with E-state index in [-0.39, 0.29) is 0 Å². The van der Waals surface area contributed by atoms with Crippen molar-refractivity contribution in [1.29, 1.82) is 0 Å². The molecule has 19 heavy (non-hydrogen) atoms. The average molecular weight is 299 g/mol. The summed E-state index contributed by atoms with van der Waals surface area (Å²) in [5.74, 6) is 1.29. The molecule has 0 saturated heterocycles. The standard InChI is InChI=1S/C13H15ClN2O2S/c1-15-6-13-16-10(7-19-13)8-4-9(14)12(18-3)5-11(8)17-2/h4-5,7,15H,6H2,1-3H3. The van der Waals surface area contributed by atoms with Gasteiger partial charge in [0.2, 0.25) is 0 Å². The van der Waals surface area contributed by atoms with Crippen molar-refractivity contribution < 1.29 is 9.47 Å².